The summed E-state index contributed by atoms with van der Waals surface area (Å²) in [6, 6.07) is 24.9. The van der Waals surface area contributed by atoms with Crippen LogP contribution in [0.15, 0.2) is 78.9 Å². The number of halogens is 2. The summed E-state index contributed by atoms with van der Waals surface area (Å²) >= 11 is 13.2. The summed E-state index contributed by atoms with van der Waals surface area (Å²) in [4.78, 5) is 36.8. The number of carbonyl (C=O) groups excluding carboxylic acids is 2. The van der Waals surface area contributed by atoms with E-state index in [1.54, 1.807) is 12.1 Å². The van der Waals surface area contributed by atoms with Crippen LogP contribution in [0.2, 0.25) is 10.0 Å². The molecule has 1 aliphatic carbocycles. The molecule has 3 aromatic carbocycles. The van der Waals surface area contributed by atoms with E-state index in [2.05, 4.69) is 10.2 Å². The molecule has 43 heavy (non-hydrogen) atoms. The molecule has 3 atom stereocenters. The molecule has 5 aromatic rings. The van der Waals surface area contributed by atoms with Crippen LogP contribution in [0.3, 0.4) is 0 Å². The number of fused-ring (bicyclic) bond motifs is 5. The third kappa shape index (κ3) is 3.35. The molecule has 9 heteroatoms. The lowest BCUT2D eigenvalue weighted by Gasteiger charge is -2.48. The van der Waals surface area contributed by atoms with E-state index in [1.807, 2.05) is 85.4 Å². The van der Waals surface area contributed by atoms with Crippen molar-refractivity contribution in [3.05, 3.63) is 117 Å². The van der Waals surface area contributed by atoms with Crippen molar-refractivity contribution >= 4 is 51.6 Å². The van der Waals surface area contributed by atoms with Crippen molar-refractivity contribution in [2.45, 2.75) is 31.2 Å². The van der Waals surface area contributed by atoms with Gasteiger partial charge in [0.1, 0.15) is 5.54 Å². The number of anilines is 1. The van der Waals surface area contributed by atoms with Gasteiger partial charge in [-0.25, -0.2) is 9.67 Å². The van der Waals surface area contributed by atoms with Crippen LogP contribution in [-0.2, 0) is 16.8 Å². The fourth-order valence-electron chi connectivity index (χ4n) is 8.07. The van der Waals surface area contributed by atoms with E-state index < -0.39 is 11.0 Å². The fourth-order valence-corrected chi connectivity index (χ4v) is 8.61. The zero-order chi connectivity index (χ0) is 29.7. The van der Waals surface area contributed by atoms with Gasteiger partial charge >= 0.3 is 0 Å². The largest absolute Gasteiger partial charge is 0.324 e. The Morgan fingerprint density at radius 1 is 0.977 bits per heavy atom. The van der Waals surface area contributed by atoms with Crippen LogP contribution in [0.1, 0.15) is 45.2 Å². The number of carbonyl (C=O) groups is 2. The van der Waals surface area contributed by atoms with E-state index in [0.29, 0.717) is 40.6 Å². The van der Waals surface area contributed by atoms with Gasteiger partial charge in [0, 0.05) is 44.7 Å². The van der Waals surface area contributed by atoms with Crippen molar-refractivity contribution in [1.82, 2.24) is 19.7 Å². The van der Waals surface area contributed by atoms with E-state index >= 15 is 4.79 Å². The lowest BCUT2D eigenvalue weighted by molar-refractivity contribution is -0.130. The van der Waals surface area contributed by atoms with Gasteiger partial charge in [-0.05, 0) is 68.8 Å². The molecule has 3 aliphatic rings. The molecule has 2 aromatic heterocycles. The van der Waals surface area contributed by atoms with Gasteiger partial charge in [-0.2, -0.15) is 5.10 Å². The monoisotopic (exact) mass is 607 g/mol. The number of ketones is 1. The molecule has 1 fully saturated rings. The zero-order valence-electron chi connectivity index (χ0n) is 23.6. The number of hydrogen-bond donors (Lipinski definition) is 1. The molecule has 214 valence electrons. The minimum Gasteiger partial charge on any atom is -0.324 e. The molecular formula is C34H27Cl2N5O2. The predicted molar refractivity (Wildman–Crippen MR) is 167 cm³/mol. The predicted octanol–water partition coefficient (Wildman–Crippen LogP) is 6.73. The zero-order valence-corrected chi connectivity index (χ0v) is 25.1. The number of Topliss-reactive ketones (excluding diaryl/α,β-unsaturated/α-hetero) is 1. The van der Waals surface area contributed by atoms with Gasteiger partial charge < -0.3 is 5.32 Å². The molecular weight excluding hydrogens is 581 g/mol. The molecule has 2 aliphatic heterocycles. The number of rotatable bonds is 2. The van der Waals surface area contributed by atoms with Crippen molar-refractivity contribution in [3.63, 3.8) is 0 Å². The Morgan fingerprint density at radius 3 is 2.53 bits per heavy atom. The second-order valence-electron chi connectivity index (χ2n) is 11.8. The minimum absolute atomic E-state index is 0.0952. The number of likely N-dealkylation sites (N-methyl/N-ethyl adjacent to an activating group) is 1. The number of para-hydroxylation sites is 2. The molecule has 4 heterocycles. The molecule has 0 saturated carbocycles. The Labute approximate surface area is 258 Å². The molecule has 2 spiro atoms. The van der Waals surface area contributed by atoms with Gasteiger partial charge in [0.05, 0.1) is 22.5 Å². The molecule has 0 bridgehead atoms. The van der Waals surface area contributed by atoms with Gasteiger partial charge in [0.2, 0.25) is 0 Å². The molecule has 7 nitrogen and oxygen atoms in total. The van der Waals surface area contributed by atoms with Gasteiger partial charge in [-0.3, -0.25) is 14.5 Å². The topological polar surface area (TPSA) is 80.1 Å². The maximum absolute atomic E-state index is 15.4. The maximum atomic E-state index is 15.4. The number of pyridine rings is 1. The summed E-state index contributed by atoms with van der Waals surface area (Å²) in [5.74, 6) is -0.659. The van der Waals surface area contributed by atoms with Gasteiger partial charge in [0.25, 0.3) is 5.91 Å². The molecule has 0 unspecified atom stereocenters. The Hall–Kier alpha value is -4.04. The van der Waals surface area contributed by atoms with E-state index in [0.717, 1.165) is 39.3 Å². The maximum Gasteiger partial charge on any atom is 0.250 e. The number of hydrogen-bond acceptors (Lipinski definition) is 5. The fraction of sp³-hybridized carbons (Fsp3) is 0.235. The first kappa shape index (κ1) is 26.6. The second kappa shape index (κ2) is 9.23. The third-order valence-electron chi connectivity index (χ3n) is 9.83. The first-order chi connectivity index (χ1) is 20.8. The highest BCUT2D eigenvalue weighted by atomic mass is 35.5. The van der Waals surface area contributed by atoms with Crippen LogP contribution in [-0.4, -0.2) is 44.9 Å². The number of aromatic nitrogens is 3. The number of amides is 1. The van der Waals surface area contributed by atoms with Crippen molar-refractivity contribution in [3.8, 4) is 5.69 Å². The van der Waals surface area contributed by atoms with Gasteiger partial charge in [-0.15, -0.1) is 0 Å². The highest BCUT2D eigenvalue weighted by Gasteiger charge is 2.74. The molecule has 0 radical (unpaired) electrons. The number of likely N-dealkylation sites (tertiary alicyclic amines) is 1. The molecule has 1 N–H and O–H groups in total. The van der Waals surface area contributed by atoms with Crippen LogP contribution in [0, 0.1) is 12.3 Å². The van der Waals surface area contributed by atoms with E-state index in [9.17, 15) is 4.79 Å². The highest BCUT2D eigenvalue weighted by Crippen LogP contribution is 2.66. The average molecular weight is 609 g/mol. The standard InChI is InChI=1S/C34H27Cl2N5O2/c1-19-23-17-24-28(37-31(23)41(39-19)21-8-4-3-5-9-21)14-15-33(30(24)42)26(22-13-12-20(35)16-27(22)36)18-40(2)34(33)25-10-6-7-11-29(25)38-32(34)43/h3-13,16-17,26H,14-15,18H2,1-2H3,(H,38,43)/t26-,33+,34+/m0/s1. The molecule has 1 amide bonds. The first-order valence-corrected chi connectivity index (χ1v) is 15.1. The molecule has 8 rings (SSSR count). The average Bonchev–Trinajstić information content (AvgIpc) is 3.59. The number of nitrogens with zero attached hydrogens (tertiary/aromatic N) is 4. The normalized spacial score (nSPS) is 24.6. The Bertz CT molecular complexity index is 2010. The van der Waals surface area contributed by atoms with Gasteiger partial charge in [0.15, 0.2) is 11.4 Å². The van der Waals surface area contributed by atoms with Crippen LogP contribution >= 0.6 is 23.2 Å². The first-order valence-electron chi connectivity index (χ1n) is 14.3. The van der Waals surface area contributed by atoms with Crippen LogP contribution < -0.4 is 5.32 Å². The van der Waals surface area contributed by atoms with Crippen molar-refractivity contribution in [2.24, 2.45) is 5.41 Å². The number of nitrogens with one attached hydrogen (secondary N) is 1. The second-order valence-corrected chi connectivity index (χ2v) is 12.6. The minimum atomic E-state index is -1.23. The third-order valence-corrected chi connectivity index (χ3v) is 10.4. The Balaban J connectivity index is 1.39. The number of aryl methyl sites for hydroxylation is 2. The molecule has 1 saturated heterocycles. The number of benzene rings is 3. The quantitative estimate of drug-likeness (QED) is 0.241. The summed E-state index contributed by atoms with van der Waals surface area (Å²) in [6.45, 7) is 2.39. The Kier molecular flexibility index (Phi) is 5.70. The summed E-state index contributed by atoms with van der Waals surface area (Å²) in [6.07, 6.45) is 0.939. The van der Waals surface area contributed by atoms with Gasteiger partial charge in [-0.1, -0.05) is 65.7 Å². The van der Waals surface area contributed by atoms with Crippen molar-refractivity contribution in [2.75, 3.05) is 18.9 Å². The van der Waals surface area contributed by atoms with Crippen molar-refractivity contribution in [1.29, 1.82) is 0 Å². The highest BCUT2D eigenvalue weighted by molar-refractivity contribution is 6.35. The van der Waals surface area contributed by atoms with E-state index in [4.69, 9.17) is 33.3 Å². The van der Waals surface area contributed by atoms with Crippen LogP contribution in [0.25, 0.3) is 16.7 Å². The lowest BCUT2D eigenvalue weighted by Crippen LogP contribution is -2.60. The van der Waals surface area contributed by atoms with Crippen molar-refractivity contribution < 1.29 is 9.59 Å². The van der Waals surface area contributed by atoms with Crippen LogP contribution in [0.4, 0.5) is 5.69 Å². The summed E-state index contributed by atoms with van der Waals surface area (Å²) in [5, 5.41) is 9.73. The Morgan fingerprint density at radius 2 is 1.74 bits per heavy atom. The smallest absolute Gasteiger partial charge is 0.250 e. The lowest BCUT2D eigenvalue weighted by atomic mass is 9.54. The van der Waals surface area contributed by atoms with E-state index in [-0.39, 0.29) is 17.6 Å². The summed E-state index contributed by atoms with van der Waals surface area (Å²) in [7, 11) is 1.94. The summed E-state index contributed by atoms with van der Waals surface area (Å²) in [5.41, 5.74) is 3.63. The van der Waals surface area contributed by atoms with Crippen LogP contribution in [0.5, 0.6) is 0 Å². The summed E-state index contributed by atoms with van der Waals surface area (Å²) < 4.78 is 1.83. The van der Waals surface area contributed by atoms with E-state index in [1.165, 1.54) is 0 Å². The SMILES string of the molecule is Cc1nn(-c2ccccc2)c2nc3c(cc12)C(=O)[C@@]1(CC3)[C@H](c2ccc(Cl)cc2Cl)CN(C)[C@]12C(=O)Nc1ccccc12.